The number of halogens is 1. The van der Waals surface area contributed by atoms with Gasteiger partial charge in [-0.2, -0.15) is 0 Å². The molecule has 0 aromatic heterocycles. The van der Waals surface area contributed by atoms with E-state index in [1.807, 2.05) is 6.07 Å². The van der Waals surface area contributed by atoms with Gasteiger partial charge in [-0.15, -0.1) is 0 Å². The molecule has 2 heteroatoms. The molecule has 0 bridgehead atoms. The van der Waals surface area contributed by atoms with Crippen molar-refractivity contribution >= 4 is 11.6 Å². The lowest BCUT2D eigenvalue weighted by molar-refractivity contribution is 0.335. The summed E-state index contributed by atoms with van der Waals surface area (Å²) in [5, 5.41) is 4.47. The maximum absolute atomic E-state index is 6.19. The molecule has 0 atom stereocenters. The Morgan fingerprint density at radius 1 is 1.05 bits per heavy atom. The van der Waals surface area contributed by atoms with Crippen molar-refractivity contribution < 1.29 is 0 Å². The van der Waals surface area contributed by atoms with Crippen LogP contribution in [0.2, 0.25) is 5.02 Å². The number of hydrogen-bond acceptors (Lipinski definition) is 1. The number of nitrogens with one attached hydrogen (secondary N) is 1. The van der Waals surface area contributed by atoms with Gasteiger partial charge in [0.05, 0.1) is 0 Å². The van der Waals surface area contributed by atoms with Crippen LogP contribution in [0.1, 0.15) is 58.4 Å². The predicted octanol–water partition coefficient (Wildman–Crippen LogP) is 5.18. The molecule has 0 heterocycles. The van der Waals surface area contributed by atoms with E-state index < -0.39 is 0 Å². The molecule has 0 saturated carbocycles. The minimum absolute atomic E-state index is 0.240. The van der Waals surface area contributed by atoms with Crippen molar-refractivity contribution in [3.05, 3.63) is 34.9 Å². The molecule has 0 fully saturated rings. The first-order valence-electron chi connectivity index (χ1n) is 7.65. The van der Waals surface area contributed by atoms with Crippen molar-refractivity contribution in [2.45, 2.75) is 58.3 Å². The van der Waals surface area contributed by atoms with Crippen LogP contribution in [0.15, 0.2) is 24.3 Å². The van der Waals surface area contributed by atoms with E-state index in [1.165, 1.54) is 37.7 Å². The Morgan fingerprint density at radius 2 is 1.74 bits per heavy atom. The van der Waals surface area contributed by atoms with Crippen LogP contribution >= 0.6 is 11.6 Å². The summed E-state index contributed by atoms with van der Waals surface area (Å²) in [7, 11) is 0. The van der Waals surface area contributed by atoms with E-state index in [1.54, 1.807) is 0 Å². The van der Waals surface area contributed by atoms with Gasteiger partial charge >= 0.3 is 0 Å². The molecule has 1 rings (SSSR count). The van der Waals surface area contributed by atoms with E-state index in [2.05, 4.69) is 44.3 Å². The van der Waals surface area contributed by atoms with E-state index >= 15 is 0 Å². The van der Waals surface area contributed by atoms with Gasteiger partial charge in [-0.3, -0.25) is 0 Å². The van der Waals surface area contributed by atoms with Gasteiger partial charge < -0.3 is 5.32 Å². The summed E-state index contributed by atoms with van der Waals surface area (Å²) in [5.74, 6) is 0. The van der Waals surface area contributed by atoms with Crippen LogP contribution in [0, 0.1) is 0 Å². The molecule has 1 nitrogen and oxygen atoms in total. The van der Waals surface area contributed by atoms with E-state index in [0.717, 1.165) is 18.1 Å². The van der Waals surface area contributed by atoms with Crippen LogP contribution in [0.25, 0.3) is 0 Å². The third-order valence-corrected chi connectivity index (χ3v) is 4.02. The zero-order valence-corrected chi connectivity index (χ0v) is 13.4. The van der Waals surface area contributed by atoms with Crippen LogP contribution in [0.3, 0.4) is 0 Å². The third kappa shape index (κ3) is 4.81. The maximum Gasteiger partial charge on any atom is 0.0408 e. The average molecular weight is 282 g/mol. The average Bonchev–Trinajstić information content (AvgIpc) is 2.39. The summed E-state index contributed by atoms with van der Waals surface area (Å²) in [6, 6.07) is 8.44. The van der Waals surface area contributed by atoms with Crippen LogP contribution in [-0.2, 0) is 5.41 Å². The minimum Gasteiger partial charge on any atom is -0.316 e. The Morgan fingerprint density at radius 3 is 2.26 bits per heavy atom. The highest BCUT2D eigenvalue weighted by atomic mass is 35.5. The van der Waals surface area contributed by atoms with Crippen molar-refractivity contribution in [2.24, 2.45) is 0 Å². The summed E-state index contributed by atoms with van der Waals surface area (Å²) in [6.45, 7) is 8.91. The summed E-state index contributed by atoms with van der Waals surface area (Å²) in [5.41, 5.74) is 1.64. The molecule has 1 aromatic rings. The Hall–Kier alpha value is -0.530. The standard InChI is InChI=1S/C17H28ClN/c1-4-10-17(11-5-2,14-19-12-6-3)15-8-7-9-16(18)13-15/h7-9,13,19H,4-6,10-12,14H2,1-3H3. The molecule has 0 amide bonds. The van der Waals surface area contributed by atoms with E-state index in [-0.39, 0.29) is 5.41 Å². The lowest BCUT2D eigenvalue weighted by Gasteiger charge is -2.35. The molecule has 108 valence electrons. The van der Waals surface area contributed by atoms with Crippen molar-refractivity contribution in [2.75, 3.05) is 13.1 Å². The van der Waals surface area contributed by atoms with Gasteiger partial charge in [-0.25, -0.2) is 0 Å². The van der Waals surface area contributed by atoms with Gasteiger partial charge in [0.1, 0.15) is 0 Å². The highest BCUT2D eigenvalue weighted by molar-refractivity contribution is 6.30. The van der Waals surface area contributed by atoms with Gasteiger partial charge in [-0.05, 0) is 43.5 Å². The van der Waals surface area contributed by atoms with Crippen molar-refractivity contribution in [1.29, 1.82) is 0 Å². The first kappa shape index (κ1) is 16.5. The number of rotatable bonds is 9. The van der Waals surface area contributed by atoms with E-state index in [9.17, 15) is 0 Å². The first-order chi connectivity index (χ1) is 9.18. The monoisotopic (exact) mass is 281 g/mol. The van der Waals surface area contributed by atoms with Crippen molar-refractivity contribution in [3.8, 4) is 0 Å². The summed E-state index contributed by atoms with van der Waals surface area (Å²) in [4.78, 5) is 0. The molecule has 0 unspecified atom stereocenters. The fraction of sp³-hybridized carbons (Fsp3) is 0.647. The zero-order valence-electron chi connectivity index (χ0n) is 12.6. The smallest absolute Gasteiger partial charge is 0.0408 e. The maximum atomic E-state index is 6.19. The lowest BCUT2D eigenvalue weighted by atomic mass is 9.73. The third-order valence-electron chi connectivity index (χ3n) is 3.78. The summed E-state index contributed by atoms with van der Waals surface area (Å²) in [6.07, 6.45) is 6.04. The lowest BCUT2D eigenvalue weighted by Crippen LogP contribution is -2.38. The topological polar surface area (TPSA) is 12.0 Å². The summed E-state index contributed by atoms with van der Waals surface area (Å²) >= 11 is 6.19. The molecule has 0 aliphatic carbocycles. The van der Waals surface area contributed by atoms with E-state index in [4.69, 9.17) is 11.6 Å². The van der Waals surface area contributed by atoms with Crippen LogP contribution in [0.4, 0.5) is 0 Å². The Labute approximate surface area is 123 Å². The highest BCUT2D eigenvalue weighted by Crippen LogP contribution is 2.35. The van der Waals surface area contributed by atoms with E-state index in [0.29, 0.717) is 0 Å². The fourth-order valence-electron chi connectivity index (χ4n) is 2.97. The summed E-state index contributed by atoms with van der Waals surface area (Å²) < 4.78 is 0. The molecule has 1 N–H and O–H groups in total. The molecule has 1 aromatic carbocycles. The molecule has 19 heavy (non-hydrogen) atoms. The second-order valence-corrected chi connectivity index (χ2v) is 5.90. The second kappa shape index (κ2) is 8.60. The molecule has 0 saturated heterocycles. The molecule has 0 aliphatic heterocycles. The zero-order chi connectivity index (χ0) is 14.1. The van der Waals surface area contributed by atoms with Gasteiger partial charge in [0.25, 0.3) is 0 Å². The fourth-order valence-corrected chi connectivity index (χ4v) is 3.16. The van der Waals surface area contributed by atoms with Gasteiger partial charge in [0.15, 0.2) is 0 Å². The first-order valence-corrected chi connectivity index (χ1v) is 8.03. The van der Waals surface area contributed by atoms with Gasteiger partial charge in [-0.1, -0.05) is 57.3 Å². The normalized spacial score (nSPS) is 11.8. The Bertz CT molecular complexity index is 356. The minimum atomic E-state index is 0.240. The van der Waals surface area contributed by atoms with Crippen molar-refractivity contribution in [3.63, 3.8) is 0 Å². The van der Waals surface area contributed by atoms with Crippen molar-refractivity contribution in [1.82, 2.24) is 5.32 Å². The van der Waals surface area contributed by atoms with Crippen LogP contribution in [-0.4, -0.2) is 13.1 Å². The Balaban J connectivity index is 2.99. The molecule has 0 radical (unpaired) electrons. The molecular formula is C17H28ClN. The van der Waals surface area contributed by atoms with Crippen LogP contribution < -0.4 is 5.32 Å². The Kier molecular flexibility index (Phi) is 7.48. The molecule has 0 spiro atoms. The second-order valence-electron chi connectivity index (χ2n) is 5.47. The highest BCUT2D eigenvalue weighted by Gasteiger charge is 2.30. The quantitative estimate of drug-likeness (QED) is 0.615. The molecule has 0 aliphatic rings. The number of benzene rings is 1. The SMILES string of the molecule is CCCNCC(CCC)(CCC)c1cccc(Cl)c1. The van der Waals surface area contributed by atoms with Crippen LogP contribution in [0.5, 0.6) is 0 Å². The number of hydrogen-bond donors (Lipinski definition) is 1. The molecular weight excluding hydrogens is 254 g/mol. The largest absolute Gasteiger partial charge is 0.316 e. The predicted molar refractivity (Wildman–Crippen MR) is 86.1 cm³/mol. The van der Waals surface area contributed by atoms with Gasteiger partial charge in [0, 0.05) is 17.0 Å². The van der Waals surface area contributed by atoms with Gasteiger partial charge in [0.2, 0.25) is 0 Å².